The standard InChI is InChI=1S/C23H25N3O/c27-23(24-15-7-10-17-8-2-1-3-9-17)22-16-21(25-26-22)20-14-6-12-18-11-4-5-13-19(18)20/h1-6,8-9,11-14,21-22,25-26H,7,10,15-16H2,(H,24,27). The summed E-state index contributed by atoms with van der Waals surface area (Å²) in [5.74, 6) is 0.0679. The molecule has 3 N–H and O–H groups in total. The Labute approximate surface area is 160 Å². The molecule has 2 unspecified atom stereocenters. The molecule has 0 spiro atoms. The Bertz CT molecular complexity index is 904. The van der Waals surface area contributed by atoms with Crippen LogP contribution < -0.4 is 16.2 Å². The average Bonchev–Trinajstić information content (AvgIpc) is 3.21. The highest BCUT2D eigenvalue weighted by Gasteiger charge is 2.30. The van der Waals surface area contributed by atoms with Crippen molar-refractivity contribution in [3.05, 3.63) is 83.9 Å². The third kappa shape index (κ3) is 4.18. The number of hydrogen-bond acceptors (Lipinski definition) is 3. The number of rotatable bonds is 6. The van der Waals surface area contributed by atoms with Crippen LogP contribution in [0.1, 0.15) is 30.0 Å². The second-order valence-corrected chi connectivity index (χ2v) is 7.08. The lowest BCUT2D eigenvalue weighted by molar-refractivity contribution is -0.122. The van der Waals surface area contributed by atoms with E-state index in [0.717, 1.165) is 19.3 Å². The van der Waals surface area contributed by atoms with Crippen LogP contribution in [-0.2, 0) is 11.2 Å². The van der Waals surface area contributed by atoms with E-state index < -0.39 is 0 Å². The highest BCUT2D eigenvalue weighted by Crippen LogP contribution is 2.29. The lowest BCUT2D eigenvalue weighted by Gasteiger charge is -2.13. The number of benzene rings is 3. The molecule has 1 heterocycles. The van der Waals surface area contributed by atoms with Crippen molar-refractivity contribution in [2.45, 2.75) is 31.3 Å². The van der Waals surface area contributed by atoms with E-state index in [2.05, 4.69) is 82.9 Å². The first-order valence-corrected chi connectivity index (χ1v) is 9.61. The smallest absolute Gasteiger partial charge is 0.238 e. The maximum atomic E-state index is 12.5. The van der Waals surface area contributed by atoms with Crippen LogP contribution in [0.25, 0.3) is 10.8 Å². The number of hydrazine groups is 1. The van der Waals surface area contributed by atoms with Crippen molar-refractivity contribution in [2.75, 3.05) is 6.54 Å². The first-order chi connectivity index (χ1) is 13.3. The van der Waals surface area contributed by atoms with Gasteiger partial charge < -0.3 is 5.32 Å². The fourth-order valence-corrected chi connectivity index (χ4v) is 3.76. The third-order valence-electron chi connectivity index (χ3n) is 5.20. The summed E-state index contributed by atoms with van der Waals surface area (Å²) in [5, 5.41) is 5.53. The van der Waals surface area contributed by atoms with E-state index in [-0.39, 0.29) is 18.0 Å². The summed E-state index contributed by atoms with van der Waals surface area (Å²) in [6.45, 7) is 0.699. The number of nitrogens with one attached hydrogen (secondary N) is 3. The SMILES string of the molecule is O=C(NCCCc1ccccc1)C1CC(c2cccc3ccccc23)NN1. The molecule has 4 nitrogen and oxygen atoms in total. The molecule has 2 atom stereocenters. The van der Waals surface area contributed by atoms with Crippen molar-refractivity contribution >= 4 is 16.7 Å². The van der Waals surface area contributed by atoms with Crippen molar-refractivity contribution in [3.63, 3.8) is 0 Å². The number of carbonyl (C=O) groups is 1. The molecule has 1 aliphatic heterocycles. The van der Waals surface area contributed by atoms with E-state index in [9.17, 15) is 4.79 Å². The highest BCUT2D eigenvalue weighted by molar-refractivity contribution is 5.86. The molecule has 0 aromatic heterocycles. The van der Waals surface area contributed by atoms with Crippen LogP contribution in [0.4, 0.5) is 0 Å². The molecule has 0 saturated carbocycles. The lowest BCUT2D eigenvalue weighted by atomic mass is 9.96. The van der Waals surface area contributed by atoms with Gasteiger partial charge in [-0.2, -0.15) is 0 Å². The van der Waals surface area contributed by atoms with Crippen LogP contribution >= 0.6 is 0 Å². The lowest BCUT2D eigenvalue weighted by Crippen LogP contribution is -2.43. The Kier molecular flexibility index (Phi) is 5.47. The fourth-order valence-electron chi connectivity index (χ4n) is 3.76. The van der Waals surface area contributed by atoms with Crippen molar-refractivity contribution in [1.82, 2.24) is 16.2 Å². The molecule has 4 rings (SSSR count). The van der Waals surface area contributed by atoms with Gasteiger partial charge in [-0.05, 0) is 41.2 Å². The highest BCUT2D eigenvalue weighted by atomic mass is 16.2. The van der Waals surface area contributed by atoms with E-state index >= 15 is 0 Å². The number of aryl methyl sites for hydroxylation is 1. The third-order valence-corrected chi connectivity index (χ3v) is 5.20. The minimum absolute atomic E-state index is 0.0679. The molecule has 0 radical (unpaired) electrons. The number of amides is 1. The summed E-state index contributed by atoms with van der Waals surface area (Å²) in [7, 11) is 0. The summed E-state index contributed by atoms with van der Waals surface area (Å²) in [5.41, 5.74) is 9.01. The second kappa shape index (κ2) is 8.33. The summed E-state index contributed by atoms with van der Waals surface area (Å²) < 4.78 is 0. The zero-order valence-corrected chi connectivity index (χ0v) is 15.3. The normalized spacial score (nSPS) is 19.3. The summed E-state index contributed by atoms with van der Waals surface area (Å²) >= 11 is 0. The van der Waals surface area contributed by atoms with E-state index in [1.165, 1.54) is 21.9 Å². The van der Waals surface area contributed by atoms with Crippen LogP contribution in [0, 0.1) is 0 Å². The predicted molar refractivity (Wildman–Crippen MR) is 109 cm³/mol. The van der Waals surface area contributed by atoms with Gasteiger partial charge >= 0.3 is 0 Å². The van der Waals surface area contributed by atoms with E-state index in [1.807, 2.05) is 6.07 Å². The van der Waals surface area contributed by atoms with Gasteiger partial charge in [-0.3, -0.25) is 4.79 Å². The predicted octanol–water partition coefficient (Wildman–Crippen LogP) is 3.50. The molecule has 1 saturated heterocycles. The Balaban J connectivity index is 1.30. The number of hydrogen-bond donors (Lipinski definition) is 3. The average molecular weight is 359 g/mol. The van der Waals surface area contributed by atoms with Crippen molar-refractivity contribution < 1.29 is 4.79 Å². The molecular weight excluding hydrogens is 334 g/mol. The van der Waals surface area contributed by atoms with Crippen LogP contribution in [0.5, 0.6) is 0 Å². The van der Waals surface area contributed by atoms with Gasteiger partial charge in [-0.1, -0.05) is 72.8 Å². The Morgan fingerprint density at radius 2 is 1.70 bits per heavy atom. The molecule has 138 valence electrons. The Morgan fingerprint density at radius 3 is 2.59 bits per heavy atom. The Morgan fingerprint density at radius 1 is 0.926 bits per heavy atom. The van der Waals surface area contributed by atoms with Gasteiger partial charge in [0, 0.05) is 12.6 Å². The van der Waals surface area contributed by atoms with Crippen molar-refractivity contribution in [2.24, 2.45) is 0 Å². The van der Waals surface area contributed by atoms with Gasteiger partial charge in [0.15, 0.2) is 0 Å². The maximum Gasteiger partial charge on any atom is 0.238 e. The number of carbonyl (C=O) groups excluding carboxylic acids is 1. The van der Waals surface area contributed by atoms with E-state index in [0.29, 0.717) is 6.54 Å². The Hall–Kier alpha value is -2.69. The van der Waals surface area contributed by atoms with Crippen molar-refractivity contribution in [1.29, 1.82) is 0 Å². The molecule has 0 bridgehead atoms. The molecule has 27 heavy (non-hydrogen) atoms. The minimum atomic E-state index is -0.203. The van der Waals surface area contributed by atoms with Gasteiger partial charge in [0.2, 0.25) is 5.91 Å². The van der Waals surface area contributed by atoms with Gasteiger partial charge in [-0.25, -0.2) is 10.9 Å². The maximum absolute atomic E-state index is 12.5. The molecule has 1 amide bonds. The molecule has 3 aromatic carbocycles. The molecule has 0 aliphatic carbocycles. The van der Waals surface area contributed by atoms with Gasteiger partial charge in [0.25, 0.3) is 0 Å². The van der Waals surface area contributed by atoms with E-state index in [4.69, 9.17) is 0 Å². The molecule has 1 aliphatic rings. The summed E-state index contributed by atoms with van der Waals surface area (Å²) in [6.07, 6.45) is 2.68. The topological polar surface area (TPSA) is 53.2 Å². The molecular formula is C23H25N3O. The first-order valence-electron chi connectivity index (χ1n) is 9.61. The van der Waals surface area contributed by atoms with E-state index in [1.54, 1.807) is 0 Å². The zero-order valence-electron chi connectivity index (χ0n) is 15.3. The van der Waals surface area contributed by atoms with Crippen LogP contribution in [-0.4, -0.2) is 18.5 Å². The number of fused-ring (bicyclic) bond motifs is 1. The second-order valence-electron chi connectivity index (χ2n) is 7.08. The summed E-state index contributed by atoms with van der Waals surface area (Å²) in [6, 6.07) is 25.0. The zero-order chi connectivity index (χ0) is 18.5. The largest absolute Gasteiger partial charge is 0.355 e. The van der Waals surface area contributed by atoms with Crippen LogP contribution in [0.15, 0.2) is 72.8 Å². The summed E-state index contributed by atoms with van der Waals surface area (Å²) in [4.78, 5) is 12.5. The van der Waals surface area contributed by atoms with Gasteiger partial charge in [0.05, 0.1) is 0 Å². The fraction of sp³-hybridized carbons (Fsp3) is 0.261. The first kappa shape index (κ1) is 17.7. The van der Waals surface area contributed by atoms with Crippen LogP contribution in [0.3, 0.4) is 0 Å². The molecule has 1 fully saturated rings. The molecule has 4 heteroatoms. The quantitative estimate of drug-likeness (QED) is 0.591. The molecule has 3 aromatic rings. The van der Waals surface area contributed by atoms with Crippen molar-refractivity contribution in [3.8, 4) is 0 Å². The monoisotopic (exact) mass is 359 g/mol. The van der Waals surface area contributed by atoms with Gasteiger partial charge in [-0.15, -0.1) is 0 Å². The van der Waals surface area contributed by atoms with Crippen LogP contribution in [0.2, 0.25) is 0 Å². The minimum Gasteiger partial charge on any atom is -0.355 e. The van der Waals surface area contributed by atoms with Gasteiger partial charge in [0.1, 0.15) is 6.04 Å².